The van der Waals surface area contributed by atoms with E-state index in [0.29, 0.717) is 11.1 Å². The average molecular weight is 459 g/mol. The van der Waals surface area contributed by atoms with Crippen molar-refractivity contribution in [2.75, 3.05) is 6.54 Å². The number of hydrogen-bond acceptors (Lipinski definition) is 5. The number of likely N-dealkylation sites (N-methyl/N-ethyl adjacent to an activating group) is 1. The molecule has 0 radical (unpaired) electrons. The van der Waals surface area contributed by atoms with Crippen molar-refractivity contribution in [1.29, 1.82) is 0 Å². The Morgan fingerprint density at radius 1 is 1.15 bits per heavy atom. The van der Waals surface area contributed by atoms with Crippen LogP contribution in [0, 0.1) is 12.3 Å². The number of amides is 4. The molecule has 4 N–H and O–H groups in total. The third-order valence-corrected chi connectivity index (χ3v) is 4.42. The lowest BCUT2D eigenvalue weighted by atomic mass is 9.97. The lowest BCUT2D eigenvalue weighted by molar-refractivity contribution is -0.143. The van der Waals surface area contributed by atoms with E-state index in [9.17, 15) is 19.2 Å². The summed E-state index contributed by atoms with van der Waals surface area (Å²) in [6.45, 7) is 10.4. The first-order chi connectivity index (χ1) is 15.3. The van der Waals surface area contributed by atoms with E-state index in [4.69, 9.17) is 16.9 Å². The lowest BCUT2D eigenvalue weighted by Gasteiger charge is -2.34. The first-order valence-electron chi connectivity index (χ1n) is 10.7. The molecule has 4 amide bonds. The van der Waals surface area contributed by atoms with Gasteiger partial charge in [0.15, 0.2) is 0 Å². The van der Waals surface area contributed by atoms with Crippen molar-refractivity contribution in [2.24, 2.45) is 5.73 Å². The molecule has 0 aromatic heterocycles. The Hall–Kier alpha value is -3.54. The van der Waals surface area contributed by atoms with Crippen LogP contribution in [0.5, 0.6) is 0 Å². The highest BCUT2D eigenvalue weighted by molar-refractivity contribution is 5.94. The van der Waals surface area contributed by atoms with E-state index in [-0.39, 0.29) is 12.6 Å². The molecule has 0 bridgehead atoms. The number of nitrogens with one attached hydrogen (secondary N) is 2. The summed E-state index contributed by atoms with van der Waals surface area (Å²) in [6.07, 6.45) is 4.29. The Morgan fingerprint density at radius 3 is 2.24 bits per heavy atom. The van der Waals surface area contributed by atoms with Crippen LogP contribution in [0.2, 0.25) is 0 Å². The number of nitrogens with two attached hydrogens (primary N) is 1. The van der Waals surface area contributed by atoms with Crippen LogP contribution in [-0.2, 0) is 19.1 Å². The summed E-state index contributed by atoms with van der Waals surface area (Å²) in [6, 6.07) is 4.16. The summed E-state index contributed by atoms with van der Waals surface area (Å²) in [4.78, 5) is 52.0. The molecule has 0 aliphatic carbocycles. The number of nitrogens with zero attached hydrogens (tertiary/aromatic N) is 1. The van der Waals surface area contributed by atoms with E-state index in [2.05, 4.69) is 16.6 Å². The Kier molecular flexibility index (Phi) is 9.92. The van der Waals surface area contributed by atoms with Crippen LogP contribution in [0.3, 0.4) is 0 Å². The third-order valence-electron chi connectivity index (χ3n) is 4.42. The smallest absolute Gasteiger partial charge is 0.408 e. The first-order valence-corrected chi connectivity index (χ1v) is 10.7. The number of carbonyl (C=O) groups excluding carboxylic acids is 4. The summed E-state index contributed by atoms with van der Waals surface area (Å²) >= 11 is 0. The van der Waals surface area contributed by atoms with Crippen molar-refractivity contribution in [3.05, 3.63) is 35.4 Å². The van der Waals surface area contributed by atoms with Gasteiger partial charge in [-0.25, -0.2) is 4.79 Å². The van der Waals surface area contributed by atoms with Gasteiger partial charge in [-0.15, -0.1) is 6.42 Å². The second kappa shape index (κ2) is 11.9. The number of primary amides is 1. The van der Waals surface area contributed by atoms with Gasteiger partial charge in [0.05, 0.1) is 6.42 Å². The van der Waals surface area contributed by atoms with Crippen molar-refractivity contribution in [3.63, 3.8) is 0 Å². The van der Waals surface area contributed by atoms with Crippen LogP contribution >= 0.6 is 0 Å². The molecule has 1 aromatic carbocycles. The number of ether oxygens (including phenoxy) is 1. The maximum atomic E-state index is 13.5. The number of rotatable bonds is 9. The minimum Gasteiger partial charge on any atom is -0.444 e. The van der Waals surface area contributed by atoms with Crippen molar-refractivity contribution in [3.8, 4) is 12.3 Å². The van der Waals surface area contributed by atoms with Gasteiger partial charge in [0.25, 0.3) is 0 Å². The van der Waals surface area contributed by atoms with Gasteiger partial charge in [-0.3, -0.25) is 14.4 Å². The molecule has 0 saturated carbocycles. The fraction of sp³-hybridized carbons (Fsp3) is 0.500. The molecule has 0 heterocycles. The minimum absolute atomic E-state index is 0.0964. The Balaban J connectivity index is 3.44. The third kappa shape index (κ3) is 8.48. The molecule has 0 aliphatic heterocycles. The van der Waals surface area contributed by atoms with E-state index in [1.54, 1.807) is 65.8 Å². The molecule has 9 nitrogen and oxygen atoms in total. The van der Waals surface area contributed by atoms with Crippen LogP contribution in [0.25, 0.3) is 0 Å². The standard InChI is InChI=1S/C24H34N4O5/c1-8-16-12-10-11-13-17(16)20(21(30)26-15(3)4)28(9-2)22(31)18(14-19(25)29)27-23(32)33-24(5,6)7/h1,10-13,15,18,20H,9,14H2,2-7H3,(H2,25,29)(H,26,30)(H,27,32). The summed E-state index contributed by atoms with van der Waals surface area (Å²) in [5, 5.41) is 5.22. The van der Waals surface area contributed by atoms with Gasteiger partial charge in [0.2, 0.25) is 17.7 Å². The van der Waals surface area contributed by atoms with Crippen LogP contribution in [-0.4, -0.2) is 52.9 Å². The summed E-state index contributed by atoms with van der Waals surface area (Å²) in [5.74, 6) is 0.626. The first kappa shape index (κ1) is 27.5. The maximum Gasteiger partial charge on any atom is 0.408 e. The molecular formula is C24H34N4O5. The molecule has 1 rings (SSSR count). The predicted molar refractivity (Wildman–Crippen MR) is 125 cm³/mol. The molecule has 2 unspecified atom stereocenters. The lowest BCUT2D eigenvalue weighted by Crippen LogP contribution is -2.54. The predicted octanol–water partition coefficient (Wildman–Crippen LogP) is 1.85. The van der Waals surface area contributed by atoms with Gasteiger partial charge < -0.3 is 26.0 Å². The summed E-state index contributed by atoms with van der Waals surface area (Å²) < 4.78 is 5.22. The molecule has 0 fully saturated rings. The highest BCUT2D eigenvalue weighted by Gasteiger charge is 2.37. The minimum atomic E-state index is -1.33. The molecule has 33 heavy (non-hydrogen) atoms. The Morgan fingerprint density at radius 2 is 1.76 bits per heavy atom. The molecule has 1 aromatic rings. The topological polar surface area (TPSA) is 131 Å². The Bertz CT molecular complexity index is 914. The largest absolute Gasteiger partial charge is 0.444 e. The van der Waals surface area contributed by atoms with Gasteiger partial charge in [-0.2, -0.15) is 0 Å². The van der Waals surface area contributed by atoms with E-state index in [0.717, 1.165) is 0 Å². The van der Waals surface area contributed by atoms with E-state index >= 15 is 0 Å². The molecule has 0 saturated heterocycles. The zero-order chi connectivity index (χ0) is 25.3. The molecule has 9 heteroatoms. The fourth-order valence-corrected chi connectivity index (χ4v) is 3.20. The molecule has 180 valence electrons. The van der Waals surface area contributed by atoms with Gasteiger partial charge >= 0.3 is 6.09 Å². The van der Waals surface area contributed by atoms with Crippen molar-refractivity contribution in [1.82, 2.24) is 15.5 Å². The molecular weight excluding hydrogens is 424 g/mol. The normalized spacial score (nSPS) is 12.8. The second-order valence-corrected chi connectivity index (χ2v) is 8.79. The number of hydrogen-bond donors (Lipinski definition) is 3. The number of terminal acetylenes is 1. The zero-order valence-electron chi connectivity index (χ0n) is 20.1. The highest BCUT2D eigenvalue weighted by atomic mass is 16.6. The molecule has 0 spiro atoms. The van der Waals surface area contributed by atoms with Crippen molar-refractivity contribution in [2.45, 2.75) is 71.7 Å². The van der Waals surface area contributed by atoms with E-state index < -0.39 is 47.9 Å². The average Bonchev–Trinajstić information content (AvgIpc) is 2.68. The second-order valence-electron chi connectivity index (χ2n) is 8.79. The molecule has 0 aliphatic rings. The van der Waals surface area contributed by atoms with Gasteiger partial charge in [0, 0.05) is 18.2 Å². The zero-order valence-corrected chi connectivity index (χ0v) is 20.1. The highest BCUT2D eigenvalue weighted by Crippen LogP contribution is 2.26. The summed E-state index contributed by atoms with van der Waals surface area (Å²) in [7, 11) is 0. The molecule has 2 atom stereocenters. The van der Waals surface area contributed by atoms with E-state index in [1.807, 2.05) is 0 Å². The Labute approximate surface area is 195 Å². The quantitative estimate of drug-likeness (QED) is 0.486. The van der Waals surface area contributed by atoms with Crippen LogP contribution in [0.1, 0.15) is 65.1 Å². The van der Waals surface area contributed by atoms with E-state index in [1.165, 1.54) is 4.90 Å². The van der Waals surface area contributed by atoms with Crippen molar-refractivity contribution >= 4 is 23.8 Å². The number of carbonyl (C=O) groups is 4. The van der Waals surface area contributed by atoms with Gasteiger partial charge in [0.1, 0.15) is 17.7 Å². The summed E-state index contributed by atoms with van der Waals surface area (Å²) in [5.41, 5.74) is 5.40. The van der Waals surface area contributed by atoms with Crippen LogP contribution < -0.4 is 16.4 Å². The monoisotopic (exact) mass is 458 g/mol. The van der Waals surface area contributed by atoms with Crippen LogP contribution in [0.4, 0.5) is 4.79 Å². The number of alkyl carbamates (subject to hydrolysis) is 1. The van der Waals surface area contributed by atoms with Gasteiger partial charge in [-0.1, -0.05) is 24.1 Å². The fourth-order valence-electron chi connectivity index (χ4n) is 3.20. The SMILES string of the molecule is C#Cc1ccccc1C(C(=O)NC(C)C)N(CC)C(=O)C(CC(N)=O)NC(=O)OC(C)(C)C. The number of benzene rings is 1. The van der Waals surface area contributed by atoms with Gasteiger partial charge in [-0.05, 0) is 53.2 Å². The van der Waals surface area contributed by atoms with Crippen LogP contribution in [0.15, 0.2) is 24.3 Å². The van der Waals surface area contributed by atoms with Crippen molar-refractivity contribution < 1.29 is 23.9 Å². The maximum absolute atomic E-state index is 13.5.